The Morgan fingerprint density at radius 3 is 2.59 bits per heavy atom. The second kappa shape index (κ2) is 12.8. The van der Waals surface area contributed by atoms with Crippen molar-refractivity contribution < 1.29 is 9.53 Å². The third-order valence-corrected chi connectivity index (χ3v) is 8.46. The molecule has 1 aromatic carbocycles. The molecule has 0 aliphatic carbocycles. The highest BCUT2D eigenvalue weighted by Gasteiger charge is 2.37. The Kier molecular flexibility index (Phi) is 8.97. The molecule has 39 heavy (non-hydrogen) atoms. The lowest BCUT2D eigenvalue weighted by Crippen LogP contribution is -2.49. The monoisotopic (exact) mass is 529 g/mol. The second-order valence-electron chi connectivity index (χ2n) is 11.6. The predicted octanol–water partition coefficient (Wildman–Crippen LogP) is 5.32. The van der Waals surface area contributed by atoms with E-state index >= 15 is 0 Å². The van der Waals surface area contributed by atoms with Gasteiger partial charge in [-0.2, -0.15) is 0 Å². The fourth-order valence-corrected chi connectivity index (χ4v) is 6.28. The van der Waals surface area contributed by atoms with Gasteiger partial charge in [-0.1, -0.05) is 44.5 Å². The highest BCUT2D eigenvalue weighted by atomic mass is 16.5. The van der Waals surface area contributed by atoms with Crippen LogP contribution in [0.25, 0.3) is 0 Å². The van der Waals surface area contributed by atoms with Crippen LogP contribution < -0.4 is 4.74 Å². The molecule has 1 amide bonds. The number of pyridine rings is 1. The van der Waals surface area contributed by atoms with Crippen molar-refractivity contribution in [3.63, 3.8) is 0 Å². The molecule has 1 spiro atoms. The zero-order valence-corrected chi connectivity index (χ0v) is 23.6. The number of aryl methyl sites for hydroxylation is 1. The van der Waals surface area contributed by atoms with E-state index in [-0.39, 0.29) is 11.3 Å². The number of benzene rings is 1. The van der Waals surface area contributed by atoms with Gasteiger partial charge in [-0.05, 0) is 61.3 Å². The molecule has 0 N–H and O–H groups in total. The SMILES string of the molecule is CC(C)c1nccn1CC(=O)N1CCC2(CCCCc3ccccc3OCCN(Cc3ccccn3)C2)CC1. The summed E-state index contributed by atoms with van der Waals surface area (Å²) in [5, 5.41) is 0. The summed E-state index contributed by atoms with van der Waals surface area (Å²) in [6.45, 7) is 9.60. The molecular weight excluding hydrogens is 486 g/mol. The number of hydrogen-bond donors (Lipinski definition) is 0. The molecule has 5 rings (SSSR count). The number of para-hydroxylation sites is 1. The Morgan fingerprint density at radius 2 is 1.79 bits per heavy atom. The summed E-state index contributed by atoms with van der Waals surface area (Å²) < 4.78 is 8.32. The van der Waals surface area contributed by atoms with Crippen molar-refractivity contribution in [2.45, 2.75) is 71.4 Å². The number of carbonyl (C=O) groups excluding carboxylic acids is 1. The number of hydrogen-bond acceptors (Lipinski definition) is 5. The maximum Gasteiger partial charge on any atom is 0.242 e. The van der Waals surface area contributed by atoms with Crippen LogP contribution in [0.2, 0.25) is 0 Å². The molecule has 2 aliphatic heterocycles. The molecule has 4 heterocycles. The third-order valence-electron chi connectivity index (χ3n) is 8.46. The van der Waals surface area contributed by atoms with Gasteiger partial charge >= 0.3 is 0 Å². The highest BCUT2D eigenvalue weighted by Crippen LogP contribution is 2.39. The van der Waals surface area contributed by atoms with E-state index in [0.717, 1.165) is 75.7 Å². The smallest absolute Gasteiger partial charge is 0.242 e. The number of ether oxygens (including phenoxy) is 1. The molecular formula is C32H43N5O2. The molecule has 7 heteroatoms. The fourth-order valence-electron chi connectivity index (χ4n) is 6.28. The zero-order chi connectivity index (χ0) is 27.1. The van der Waals surface area contributed by atoms with Gasteiger partial charge in [-0.15, -0.1) is 0 Å². The van der Waals surface area contributed by atoms with E-state index in [1.54, 1.807) is 6.20 Å². The first-order valence-electron chi connectivity index (χ1n) is 14.6. The summed E-state index contributed by atoms with van der Waals surface area (Å²) in [6.07, 6.45) is 12.3. The first kappa shape index (κ1) is 27.4. The molecule has 0 unspecified atom stereocenters. The van der Waals surface area contributed by atoms with Crippen LogP contribution in [-0.2, 0) is 24.3 Å². The third kappa shape index (κ3) is 7.07. The molecule has 2 aromatic heterocycles. The van der Waals surface area contributed by atoms with E-state index in [1.165, 1.54) is 18.4 Å². The van der Waals surface area contributed by atoms with Gasteiger partial charge in [0.1, 0.15) is 24.7 Å². The summed E-state index contributed by atoms with van der Waals surface area (Å²) >= 11 is 0. The number of carbonyl (C=O) groups is 1. The van der Waals surface area contributed by atoms with Crippen LogP contribution in [0.5, 0.6) is 5.75 Å². The van der Waals surface area contributed by atoms with Gasteiger partial charge in [0.15, 0.2) is 0 Å². The minimum absolute atomic E-state index is 0.197. The van der Waals surface area contributed by atoms with Crippen molar-refractivity contribution in [2.24, 2.45) is 5.41 Å². The Labute approximate surface area is 233 Å². The average Bonchev–Trinajstić information content (AvgIpc) is 3.41. The topological polar surface area (TPSA) is 63.5 Å². The van der Waals surface area contributed by atoms with Crippen LogP contribution in [0.1, 0.15) is 69.0 Å². The minimum atomic E-state index is 0.197. The van der Waals surface area contributed by atoms with Gasteiger partial charge in [-0.3, -0.25) is 14.7 Å². The summed E-state index contributed by atoms with van der Waals surface area (Å²) in [5.74, 6) is 2.50. The lowest BCUT2D eigenvalue weighted by molar-refractivity contribution is -0.134. The Hall–Kier alpha value is -3.19. The quantitative estimate of drug-likeness (QED) is 0.448. The Balaban J connectivity index is 1.29. The van der Waals surface area contributed by atoms with Gasteiger partial charge in [0.2, 0.25) is 5.91 Å². The molecule has 7 nitrogen and oxygen atoms in total. The Morgan fingerprint density at radius 1 is 0.974 bits per heavy atom. The molecule has 1 fully saturated rings. The van der Waals surface area contributed by atoms with Crippen LogP contribution in [-0.4, -0.2) is 63.0 Å². The number of rotatable bonds is 5. The number of piperidine rings is 1. The van der Waals surface area contributed by atoms with E-state index in [2.05, 4.69) is 70.0 Å². The van der Waals surface area contributed by atoms with E-state index in [9.17, 15) is 4.79 Å². The zero-order valence-electron chi connectivity index (χ0n) is 23.6. The van der Waals surface area contributed by atoms with Crippen molar-refractivity contribution >= 4 is 5.91 Å². The molecule has 1 saturated heterocycles. The van der Waals surface area contributed by atoms with E-state index in [0.29, 0.717) is 19.1 Å². The summed E-state index contributed by atoms with van der Waals surface area (Å²) in [4.78, 5) is 27.0. The number of nitrogens with zero attached hydrogens (tertiary/aromatic N) is 5. The minimum Gasteiger partial charge on any atom is -0.492 e. The fraction of sp³-hybridized carbons (Fsp3) is 0.531. The normalized spacial score (nSPS) is 18.7. The molecule has 0 saturated carbocycles. The van der Waals surface area contributed by atoms with Crippen molar-refractivity contribution in [3.8, 4) is 5.75 Å². The Bertz CT molecular complexity index is 1200. The lowest BCUT2D eigenvalue weighted by atomic mass is 9.73. The molecule has 3 aromatic rings. The van der Waals surface area contributed by atoms with E-state index < -0.39 is 0 Å². The number of aromatic nitrogens is 3. The van der Waals surface area contributed by atoms with Crippen LogP contribution in [0.15, 0.2) is 61.1 Å². The number of likely N-dealkylation sites (tertiary alicyclic amines) is 1. The molecule has 0 atom stereocenters. The van der Waals surface area contributed by atoms with E-state index in [1.807, 2.05) is 23.0 Å². The molecule has 0 bridgehead atoms. The van der Waals surface area contributed by atoms with Gasteiger partial charge < -0.3 is 14.2 Å². The average molecular weight is 530 g/mol. The summed E-state index contributed by atoms with van der Waals surface area (Å²) in [5.41, 5.74) is 2.60. The second-order valence-corrected chi connectivity index (χ2v) is 11.6. The van der Waals surface area contributed by atoms with Crippen molar-refractivity contribution in [3.05, 3.63) is 78.1 Å². The molecule has 2 aliphatic rings. The van der Waals surface area contributed by atoms with Crippen LogP contribution in [0.4, 0.5) is 0 Å². The van der Waals surface area contributed by atoms with Gasteiger partial charge in [-0.25, -0.2) is 4.98 Å². The van der Waals surface area contributed by atoms with Crippen LogP contribution in [0.3, 0.4) is 0 Å². The summed E-state index contributed by atoms with van der Waals surface area (Å²) in [6, 6.07) is 14.6. The van der Waals surface area contributed by atoms with Gasteiger partial charge in [0, 0.05) is 57.2 Å². The van der Waals surface area contributed by atoms with Gasteiger partial charge in [0.05, 0.1) is 5.69 Å². The maximum atomic E-state index is 13.3. The van der Waals surface area contributed by atoms with Crippen molar-refractivity contribution in [2.75, 3.05) is 32.8 Å². The lowest BCUT2D eigenvalue weighted by Gasteiger charge is -2.45. The van der Waals surface area contributed by atoms with Crippen LogP contribution in [0, 0.1) is 5.41 Å². The molecule has 208 valence electrons. The van der Waals surface area contributed by atoms with Crippen molar-refractivity contribution in [1.82, 2.24) is 24.3 Å². The summed E-state index contributed by atoms with van der Waals surface area (Å²) in [7, 11) is 0. The largest absolute Gasteiger partial charge is 0.492 e. The first-order valence-corrected chi connectivity index (χ1v) is 14.6. The number of fused-ring (bicyclic) bond motifs is 1. The maximum absolute atomic E-state index is 13.3. The number of amides is 1. The van der Waals surface area contributed by atoms with E-state index in [4.69, 9.17) is 4.74 Å². The van der Waals surface area contributed by atoms with Crippen molar-refractivity contribution in [1.29, 1.82) is 0 Å². The number of imidazole rings is 1. The first-order chi connectivity index (χ1) is 19.0. The standard InChI is InChI=1S/C32H43N5O2/c1-26(2)31-34-17-20-37(31)24-30(38)36-18-14-32(15-19-36)13-7-5-10-27-9-3-4-12-29(27)39-22-21-35(25-32)23-28-11-6-8-16-33-28/h3-4,6,8-9,11-12,16-17,20,26H,5,7,10,13-15,18-19,21-25H2,1-2H3. The predicted molar refractivity (Wildman–Crippen MR) is 154 cm³/mol. The van der Waals surface area contributed by atoms with Crippen LogP contribution >= 0.6 is 0 Å². The molecule has 0 radical (unpaired) electrons. The van der Waals surface area contributed by atoms with Gasteiger partial charge in [0.25, 0.3) is 0 Å². The highest BCUT2D eigenvalue weighted by molar-refractivity contribution is 5.76.